The minimum atomic E-state index is -0.576. The van der Waals surface area contributed by atoms with Crippen molar-refractivity contribution in [3.8, 4) is 5.88 Å². The van der Waals surface area contributed by atoms with Gasteiger partial charge in [-0.2, -0.15) is 4.37 Å². The molecular formula is C22H38ClN3O4S. The molecule has 9 heteroatoms. The normalized spacial score (nSPS) is 18.1. The molecule has 0 N–H and O–H groups in total. The van der Waals surface area contributed by atoms with E-state index in [1.807, 2.05) is 0 Å². The van der Waals surface area contributed by atoms with Crippen LogP contribution in [-0.4, -0.2) is 59.5 Å². The Kier molecular flexibility index (Phi) is 13.8. The molecule has 178 valence electrons. The fourth-order valence-electron chi connectivity index (χ4n) is 3.49. The van der Waals surface area contributed by atoms with Gasteiger partial charge in [0.25, 0.3) is 5.88 Å². The van der Waals surface area contributed by atoms with Gasteiger partial charge in [0.05, 0.1) is 38.5 Å². The highest BCUT2D eigenvalue weighted by molar-refractivity contribution is 6.99. The van der Waals surface area contributed by atoms with E-state index in [4.69, 9.17) is 14.2 Å². The largest absolute Gasteiger partial charge is 1.00 e. The second kappa shape index (κ2) is 15.4. The molecule has 2 rings (SSSR count). The molecule has 31 heavy (non-hydrogen) atoms. The Morgan fingerprint density at radius 1 is 1.03 bits per heavy atom. The number of hydrogen-bond acceptors (Lipinski definition) is 7. The minimum Gasteiger partial charge on any atom is -1.00 e. The average Bonchev–Trinajstić information content (AvgIpc) is 3.21. The van der Waals surface area contributed by atoms with Crippen LogP contribution in [0.5, 0.6) is 5.88 Å². The molecule has 7 nitrogen and oxygen atoms in total. The molecule has 1 aliphatic heterocycles. The maximum absolute atomic E-state index is 11.9. The third kappa shape index (κ3) is 10.2. The lowest BCUT2D eigenvalue weighted by Gasteiger charge is -2.36. The van der Waals surface area contributed by atoms with E-state index in [1.165, 1.54) is 37.4 Å². The van der Waals surface area contributed by atoms with Gasteiger partial charge in [0.2, 0.25) is 6.73 Å². The molecule has 0 bridgehead atoms. The molecule has 0 fully saturated rings. The first-order valence-corrected chi connectivity index (χ1v) is 12.1. The number of nitrogens with zero attached hydrogens (tertiary/aromatic N) is 3. The molecule has 0 amide bonds. The Morgan fingerprint density at radius 2 is 1.74 bits per heavy atom. The molecule has 0 spiro atoms. The van der Waals surface area contributed by atoms with Crippen molar-refractivity contribution in [1.82, 2.24) is 8.75 Å². The third-order valence-corrected chi connectivity index (χ3v) is 5.83. The van der Waals surface area contributed by atoms with Crippen molar-refractivity contribution in [1.29, 1.82) is 0 Å². The number of hydrogen-bond donors (Lipinski definition) is 0. The molecule has 0 radical (unpaired) electrons. The van der Waals surface area contributed by atoms with E-state index in [2.05, 4.69) is 35.7 Å². The molecule has 1 unspecified atom stereocenters. The summed E-state index contributed by atoms with van der Waals surface area (Å²) in [5.41, 5.74) is 1.94. The zero-order valence-corrected chi connectivity index (χ0v) is 20.8. The summed E-state index contributed by atoms with van der Waals surface area (Å²) in [7, 11) is 2.09. The molecule has 1 aromatic rings. The van der Waals surface area contributed by atoms with Crippen LogP contribution in [0.2, 0.25) is 0 Å². The second-order valence-electron chi connectivity index (χ2n) is 8.28. The summed E-state index contributed by atoms with van der Waals surface area (Å²) in [6.07, 6.45) is 11.5. The van der Waals surface area contributed by atoms with Crippen molar-refractivity contribution in [2.45, 2.75) is 71.6 Å². The Labute approximate surface area is 197 Å². The molecule has 0 saturated carbocycles. The van der Waals surface area contributed by atoms with E-state index >= 15 is 0 Å². The fourth-order valence-corrected chi connectivity index (χ4v) is 4.02. The van der Waals surface area contributed by atoms with Crippen LogP contribution in [0.4, 0.5) is 4.79 Å². The number of halogens is 1. The van der Waals surface area contributed by atoms with Gasteiger partial charge in [-0.25, -0.2) is 4.79 Å². The number of quaternary nitrogens is 1. The smallest absolute Gasteiger partial charge is 0.512 e. The van der Waals surface area contributed by atoms with Gasteiger partial charge in [0.1, 0.15) is 12.2 Å². The van der Waals surface area contributed by atoms with Gasteiger partial charge in [-0.05, 0) is 12.8 Å². The molecule has 0 saturated heterocycles. The minimum absolute atomic E-state index is 0. The number of ether oxygens (including phenoxy) is 3. The number of unbranched alkanes of at least 4 members (excludes halogenated alkanes) is 6. The van der Waals surface area contributed by atoms with E-state index in [-0.39, 0.29) is 19.1 Å². The summed E-state index contributed by atoms with van der Waals surface area (Å²) in [5, 5.41) is 0. The van der Waals surface area contributed by atoms with Gasteiger partial charge in [0, 0.05) is 12.0 Å². The summed E-state index contributed by atoms with van der Waals surface area (Å²) in [5.74, 6) is 0.628. The lowest BCUT2D eigenvalue weighted by molar-refractivity contribution is -0.919. The zero-order chi connectivity index (χ0) is 21.7. The molecule has 2 heterocycles. The van der Waals surface area contributed by atoms with Crippen molar-refractivity contribution in [3.05, 3.63) is 11.8 Å². The van der Waals surface area contributed by atoms with Crippen molar-refractivity contribution in [2.24, 2.45) is 0 Å². The van der Waals surface area contributed by atoms with Crippen LogP contribution >= 0.6 is 11.7 Å². The lowest BCUT2D eigenvalue weighted by atomic mass is 10.1. The van der Waals surface area contributed by atoms with Gasteiger partial charge in [0.15, 0.2) is 0 Å². The van der Waals surface area contributed by atoms with Gasteiger partial charge < -0.3 is 26.6 Å². The average molecular weight is 476 g/mol. The monoisotopic (exact) mass is 475 g/mol. The van der Waals surface area contributed by atoms with Crippen LogP contribution in [0.3, 0.4) is 0 Å². The Morgan fingerprint density at radius 3 is 2.45 bits per heavy atom. The molecule has 0 aliphatic carbocycles. The molecule has 1 aromatic heterocycles. The quantitative estimate of drug-likeness (QED) is 0.234. The lowest BCUT2D eigenvalue weighted by Crippen LogP contribution is -3.00. The first-order valence-electron chi connectivity index (χ1n) is 11.4. The Bertz CT molecular complexity index is 671. The van der Waals surface area contributed by atoms with Crippen molar-refractivity contribution in [2.75, 3.05) is 40.1 Å². The van der Waals surface area contributed by atoms with Crippen LogP contribution in [-0.2, 0) is 9.47 Å². The number of rotatable bonds is 14. The number of aromatic nitrogens is 2. The van der Waals surface area contributed by atoms with Gasteiger partial charge in [-0.1, -0.05) is 58.4 Å². The summed E-state index contributed by atoms with van der Waals surface area (Å²) in [6.45, 7) is 7.37. The number of carbonyl (C=O) groups is 1. The topological polar surface area (TPSA) is 70.5 Å². The van der Waals surface area contributed by atoms with E-state index in [0.29, 0.717) is 23.6 Å². The molecule has 1 atom stereocenters. The first kappa shape index (κ1) is 27.7. The van der Waals surface area contributed by atoms with Crippen LogP contribution in [0, 0.1) is 0 Å². The van der Waals surface area contributed by atoms with Crippen LogP contribution in [0.15, 0.2) is 6.08 Å². The predicted octanol–water partition coefficient (Wildman–Crippen LogP) is 2.43. The van der Waals surface area contributed by atoms with Crippen LogP contribution in [0.25, 0.3) is 5.57 Å². The maximum atomic E-state index is 11.9. The van der Waals surface area contributed by atoms with Gasteiger partial charge in [-0.3, -0.25) is 4.48 Å². The van der Waals surface area contributed by atoms with E-state index in [0.717, 1.165) is 56.5 Å². The van der Waals surface area contributed by atoms with Gasteiger partial charge in [-0.15, -0.1) is 4.37 Å². The molecule has 1 aliphatic rings. The van der Waals surface area contributed by atoms with Gasteiger partial charge >= 0.3 is 6.16 Å². The Hall–Kier alpha value is -1.38. The Balaban J connectivity index is 0.00000480. The SMILES string of the molecule is CCCCCCOC(=O)OC[N+]1(C)CCC=C(c2nsnc2OCCCCCC)C1.[Cl-]. The van der Waals surface area contributed by atoms with Crippen molar-refractivity contribution in [3.63, 3.8) is 0 Å². The van der Waals surface area contributed by atoms with Crippen molar-refractivity contribution < 1.29 is 35.9 Å². The standard InChI is InChI=1S/C22H38N3O4S.ClH/c1-4-6-8-10-15-27-21-20(23-30-24-21)19-13-12-14-25(3,17-19)18-29-22(26)28-16-11-9-7-5-2;/h13H,4-12,14-18H2,1-3H3;1H/q+1;/p-1. The summed E-state index contributed by atoms with van der Waals surface area (Å²) >= 11 is 1.18. The summed E-state index contributed by atoms with van der Waals surface area (Å²) in [6, 6.07) is 0. The zero-order valence-electron chi connectivity index (χ0n) is 19.2. The van der Waals surface area contributed by atoms with Crippen LogP contribution in [0.1, 0.15) is 77.3 Å². The number of likely N-dealkylation sites (N-methyl/N-ethyl adjacent to an activating group) is 1. The fraction of sp³-hybridized carbons (Fsp3) is 0.773. The predicted molar refractivity (Wildman–Crippen MR) is 120 cm³/mol. The second-order valence-corrected chi connectivity index (χ2v) is 8.81. The first-order chi connectivity index (χ1) is 14.6. The number of carbonyl (C=O) groups excluding carboxylic acids is 1. The van der Waals surface area contributed by atoms with E-state index in [1.54, 1.807) is 0 Å². The molecule has 0 aromatic carbocycles. The third-order valence-electron chi connectivity index (χ3n) is 5.32. The highest BCUT2D eigenvalue weighted by atomic mass is 35.5. The molecular weight excluding hydrogens is 438 g/mol. The summed E-state index contributed by atoms with van der Waals surface area (Å²) in [4.78, 5) is 11.9. The highest BCUT2D eigenvalue weighted by Crippen LogP contribution is 2.30. The maximum Gasteiger partial charge on any atom is 0.512 e. The van der Waals surface area contributed by atoms with E-state index in [9.17, 15) is 4.79 Å². The van der Waals surface area contributed by atoms with Crippen molar-refractivity contribution >= 4 is 23.5 Å². The van der Waals surface area contributed by atoms with Crippen LogP contribution < -0.4 is 17.1 Å². The van der Waals surface area contributed by atoms with E-state index < -0.39 is 6.16 Å². The summed E-state index contributed by atoms with van der Waals surface area (Å²) < 4.78 is 25.9. The highest BCUT2D eigenvalue weighted by Gasteiger charge is 2.31.